The van der Waals surface area contributed by atoms with E-state index in [1.54, 1.807) is 0 Å². The Balaban J connectivity index is 1.78. The van der Waals surface area contributed by atoms with Gasteiger partial charge in [0.15, 0.2) is 0 Å². The van der Waals surface area contributed by atoms with Crippen LogP contribution in [-0.4, -0.2) is 28.7 Å². The van der Waals surface area contributed by atoms with Crippen molar-refractivity contribution in [1.29, 1.82) is 0 Å². The third kappa shape index (κ3) is 4.10. The Morgan fingerprint density at radius 2 is 2.04 bits per heavy atom. The molecule has 0 atom stereocenters. The highest BCUT2D eigenvalue weighted by atomic mass is 79.9. The van der Waals surface area contributed by atoms with E-state index >= 15 is 0 Å². The number of nitrogens with zero attached hydrogens (tertiary/aromatic N) is 3. The van der Waals surface area contributed by atoms with Crippen LogP contribution in [0.15, 0.2) is 21.6 Å². The summed E-state index contributed by atoms with van der Waals surface area (Å²) in [6, 6.07) is 3.78. The molecule has 1 aliphatic heterocycles. The van der Waals surface area contributed by atoms with Crippen LogP contribution in [0.5, 0.6) is 10.8 Å². The SMILES string of the molecule is Cc1cc(Oc2snc(C)c2Br)c(Cl)cc1/N=C/N1CCCCC1. The summed E-state index contributed by atoms with van der Waals surface area (Å²) in [7, 11) is 0. The molecule has 0 radical (unpaired) electrons. The minimum atomic E-state index is 0.546. The van der Waals surface area contributed by atoms with Crippen LogP contribution in [0.25, 0.3) is 0 Å². The van der Waals surface area contributed by atoms with Crippen molar-refractivity contribution in [2.75, 3.05) is 13.1 Å². The summed E-state index contributed by atoms with van der Waals surface area (Å²) in [4.78, 5) is 6.86. The van der Waals surface area contributed by atoms with Crippen molar-refractivity contribution in [3.05, 3.63) is 32.9 Å². The molecule has 1 saturated heterocycles. The first-order valence-electron chi connectivity index (χ1n) is 7.92. The number of rotatable bonds is 4. The number of ether oxygens (including phenoxy) is 1. The molecule has 0 aliphatic carbocycles. The molecule has 4 nitrogen and oxygen atoms in total. The lowest BCUT2D eigenvalue weighted by molar-refractivity contribution is 0.351. The molecular weight excluding hydrogens is 410 g/mol. The first kappa shape index (κ1) is 17.7. The van der Waals surface area contributed by atoms with Crippen LogP contribution in [0.2, 0.25) is 5.02 Å². The van der Waals surface area contributed by atoms with Crippen LogP contribution in [0, 0.1) is 13.8 Å². The number of hydrogen-bond acceptors (Lipinski definition) is 4. The monoisotopic (exact) mass is 427 g/mol. The summed E-state index contributed by atoms with van der Waals surface area (Å²) in [5.41, 5.74) is 2.81. The van der Waals surface area contributed by atoms with Crippen LogP contribution < -0.4 is 4.74 Å². The molecule has 1 aromatic carbocycles. The molecule has 128 valence electrons. The fourth-order valence-electron chi connectivity index (χ4n) is 2.54. The molecule has 7 heteroatoms. The topological polar surface area (TPSA) is 37.7 Å². The highest BCUT2D eigenvalue weighted by molar-refractivity contribution is 9.10. The molecule has 2 aromatic rings. The number of aryl methyl sites for hydroxylation is 2. The maximum atomic E-state index is 6.39. The smallest absolute Gasteiger partial charge is 0.214 e. The second-order valence-electron chi connectivity index (χ2n) is 5.88. The van der Waals surface area contributed by atoms with E-state index in [0.717, 1.165) is 34.5 Å². The number of aromatic nitrogens is 1. The summed E-state index contributed by atoms with van der Waals surface area (Å²) >= 11 is 11.2. The maximum Gasteiger partial charge on any atom is 0.214 e. The summed E-state index contributed by atoms with van der Waals surface area (Å²) in [5, 5.41) is 1.25. The first-order valence-corrected chi connectivity index (χ1v) is 9.87. The van der Waals surface area contributed by atoms with E-state index in [-0.39, 0.29) is 0 Å². The number of halogens is 2. The normalized spacial score (nSPS) is 15.2. The predicted octanol–water partition coefficient (Wildman–Crippen LogP) is 6.11. The predicted molar refractivity (Wildman–Crippen MR) is 104 cm³/mol. The van der Waals surface area contributed by atoms with E-state index in [9.17, 15) is 0 Å². The largest absolute Gasteiger partial charge is 0.442 e. The average molecular weight is 429 g/mol. The standard InChI is InChI=1S/C17H19BrClN3OS/c1-11-8-15(23-17-16(18)12(2)21-24-17)13(19)9-14(11)20-10-22-6-4-3-5-7-22/h8-10H,3-7H2,1-2H3/b20-10+. The summed E-state index contributed by atoms with van der Waals surface area (Å²) < 4.78 is 11.0. The minimum absolute atomic E-state index is 0.546. The van der Waals surface area contributed by atoms with E-state index in [0.29, 0.717) is 15.8 Å². The second kappa shape index (κ2) is 7.85. The summed E-state index contributed by atoms with van der Waals surface area (Å²) in [5.74, 6) is 0.621. The maximum absolute atomic E-state index is 6.39. The second-order valence-corrected chi connectivity index (χ2v) is 7.82. The van der Waals surface area contributed by atoms with E-state index < -0.39 is 0 Å². The Morgan fingerprint density at radius 1 is 1.29 bits per heavy atom. The Morgan fingerprint density at radius 3 is 2.71 bits per heavy atom. The number of hydrogen-bond donors (Lipinski definition) is 0. The fourth-order valence-corrected chi connectivity index (χ4v) is 3.91. The number of aliphatic imine (C=N–C) groups is 1. The van der Waals surface area contributed by atoms with Crippen molar-refractivity contribution >= 4 is 51.1 Å². The van der Waals surface area contributed by atoms with Gasteiger partial charge in [0, 0.05) is 24.6 Å². The van der Waals surface area contributed by atoms with Gasteiger partial charge >= 0.3 is 0 Å². The molecule has 0 bridgehead atoms. The van der Waals surface area contributed by atoms with Gasteiger partial charge in [-0.2, -0.15) is 4.37 Å². The number of likely N-dealkylation sites (tertiary alicyclic amines) is 1. The van der Waals surface area contributed by atoms with E-state index in [4.69, 9.17) is 16.3 Å². The Hall–Kier alpha value is -1.11. The number of piperidine rings is 1. The Bertz CT molecular complexity index is 757. The zero-order valence-electron chi connectivity index (χ0n) is 13.7. The lowest BCUT2D eigenvalue weighted by Crippen LogP contribution is -2.28. The van der Waals surface area contributed by atoms with Crippen molar-refractivity contribution in [3.63, 3.8) is 0 Å². The van der Waals surface area contributed by atoms with Crippen LogP contribution in [0.4, 0.5) is 5.69 Å². The molecular formula is C17H19BrClN3OS. The van der Waals surface area contributed by atoms with Gasteiger partial charge in [-0.25, -0.2) is 4.99 Å². The Labute approximate surface area is 159 Å². The average Bonchev–Trinajstić information content (AvgIpc) is 2.89. The Kier molecular flexibility index (Phi) is 5.79. The van der Waals surface area contributed by atoms with Gasteiger partial charge in [-0.15, -0.1) is 0 Å². The van der Waals surface area contributed by atoms with Crippen LogP contribution in [-0.2, 0) is 0 Å². The number of benzene rings is 1. The molecule has 2 heterocycles. The van der Waals surface area contributed by atoms with E-state index in [1.165, 1.54) is 30.8 Å². The van der Waals surface area contributed by atoms with Gasteiger partial charge in [0.05, 0.1) is 27.2 Å². The molecule has 0 spiro atoms. The quantitative estimate of drug-likeness (QED) is 0.435. The zero-order chi connectivity index (χ0) is 17.1. The van der Waals surface area contributed by atoms with E-state index in [2.05, 4.69) is 30.2 Å². The van der Waals surface area contributed by atoms with Gasteiger partial charge in [0.25, 0.3) is 0 Å². The fraction of sp³-hybridized carbons (Fsp3) is 0.412. The lowest BCUT2D eigenvalue weighted by atomic mass is 10.1. The third-order valence-electron chi connectivity index (χ3n) is 3.97. The summed E-state index contributed by atoms with van der Waals surface area (Å²) in [6.45, 7) is 6.10. The first-order chi connectivity index (χ1) is 11.5. The van der Waals surface area contributed by atoms with Crippen molar-refractivity contribution in [2.24, 2.45) is 4.99 Å². The van der Waals surface area contributed by atoms with Crippen molar-refractivity contribution < 1.29 is 4.74 Å². The van der Waals surface area contributed by atoms with Crippen molar-refractivity contribution in [1.82, 2.24) is 9.27 Å². The molecule has 0 amide bonds. The van der Waals surface area contributed by atoms with Gasteiger partial charge in [-0.05, 0) is 66.7 Å². The third-order valence-corrected chi connectivity index (χ3v) is 6.28. The molecule has 1 aliphatic rings. The molecule has 0 saturated carbocycles. The van der Waals surface area contributed by atoms with Gasteiger partial charge in [-0.3, -0.25) is 0 Å². The summed E-state index contributed by atoms with van der Waals surface area (Å²) in [6.07, 6.45) is 5.72. The van der Waals surface area contributed by atoms with Gasteiger partial charge < -0.3 is 9.64 Å². The minimum Gasteiger partial charge on any atom is -0.442 e. The van der Waals surface area contributed by atoms with Crippen LogP contribution >= 0.6 is 39.1 Å². The van der Waals surface area contributed by atoms with Gasteiger partial charge in [0.2, 0.25) is 5.06 Å². The molecule has 0 unspecified atom stereocenters. The molecule has 1 fully saturated rings. The van der Waals surface area contributed by atoms with Crippen molar-refractivity contribution in [2.45, 2.75) is 33.1 Å². The lowest BCUT2D eigenvalue weighted by Gasteiger charge is -2.23. The van der Waals surface area contributed by atoms with Crippen LogP contribution in [0.1, 0.15) is 30.5 Å². The van der Waals surface area contributed by atoms with Gasteiger partial charge in [-0.1, -0.05) is 11.6 Å². The highest BCUT2D eigenvalue weighted by Crippen LogP contribution is 2.40. The van der Waals surface area contributed by atoms with Crippen molar-refractivity contribution in [3.8, 4) is 10.8 Å². The molecule has 1 aromatic heterocycles. The molecule has 0 N–H and O–H groups in total. The molecule has 24 heavy (non-hydrogen) atoms. The van der Waals surface area contributed by atoms with Gasteiger partial charge in [0.1, 0.15) is 5.75 Å². The highest BCUT2D eigenvalue weighted by Gasteiger charge is 2.14. The van der Waals surface area contributed by atoms with E-state index in [1.807, 2.05) is 32.3 Å². The molecule has 3 rings (SSSR count). The van der Waals surface area contributed by atoms with Crippen LogP contribution in [0.3, 0.4) is 0 Å². The zero-order valence-corrected chi connectivity index (χ0v) is 16.8.